The SMILES string of the molecule is CCCCCCC(C)OC(=O)COc1nc(F)c(Cl)c(N)c1C. The van der Waals surface area contributed by atoms with Crippen LogP contribution >= 0.6 is 11.6 Å². The lowest BCUT2D eigenvalue weighted by atomic mass is 10.1. The van der Waals surface area contributed by atoms with Crippen molar-refractivity contribution in [2.24, 2.45) is 0 Å². The van der Waals surface area contributed by atoms with E-state index in [2.05, 4.69) is 11.9 Å². The molecule has 0 amide bonds. The van der Waals surface area contributed by atoms with E-state index in [-0.39, 0.29) is 29.3 Å². The Morgan fingerprint density at radius 2 is 2.09 bits per heavy atom. The van der Waals surface area contributed by atoms with Crippen LogP contribution in [-0.2, 0) is 9.53 Å². The number of nitrogens with zero attached hydrogens (tertiary/aromatic N) is 1. The minimum absolute atomic E-state index is 0.0480. The van der Waals surface area contributed by atoms with Crippen molar-refractivity contribution < 1.29 is 18.7 Å². The van der Waals surface area contributed by atoms with Crippen LogP contribution < -0.4 is 10.5 Å². The molecule has 5 nitrogen and oxygen atoms in total. The van der Waals surface area contributed by atoms with Gasteiger partial charge in [0.1, 0.15) is 5.02 Å². The Bertz CT molecular complexity index is 541. The number of pyridine rings is 1. The fourth-order valence-corrected chi connectivity index (χ4v) is 2.24. The average Bonchev–Trinajstić information content (AvgIpc) is 2.51. The predicted octanol–water partition coefficient (Wildman–Crippen LogP) is 4.05. The first kappa shape index (κ1) is 19.5. The molecule has 1 aromatic heterocycles. The van der Waals surface area contributed by atoms with Crippen molar-refractivity contribution in [3.8, 4) is 5.88 Å². The first-order valence-electron chi connectivity index (χ1n) is 7.80. The Balaban J connectivity index is 2.45. The van der Waals surface area contributed by atoms with Crippen LogP contribution in [0.1, 0.15) is 51.5 Å². The van der Waals surface area contributed by atoms with E-state index in [1.54, 1.807) is 6.92 Å². The van der Waals surface area contributed by atoms with Crippen LogP contribution in [0.15, 0.2) is 0 Å². The summed E-state index contributed by atoms with van der Waals surface area (Å²) in [5, 5.41) is -0.252. The van der Waals surface area contributed by atoms with Gasteiger partial charge in [-0.05, 0) is 26.7 Å². The molecule has 0 saturated carbocycles. The quantitative estimate of drug-likeness (QED) is 0.415. The molecule has 0 aliphatic carbocycles. The van der Waals surface area contributed by atoms with E-state index in [0.717, 1.165) is 25.7 Å². The second-order valence-corrected chi connectivity index (χ2v) is 5.88. The highest BCUT2D eigenvalue weighted by molar-refractivity contribution is 6.33. The van der Waals surface area contributed by atoms with Gasteiger partial charge in [-0.25, -0.2) is 4.79 Å². The fraction of sp³-hybridized carbons (Fsp3) is 0.625. The van der Waals surface area contributed by atoms with Gasteiger partial charge in [-0.15, -0.1) is 0 Å². The monoisotopic (exact) mass is 346 g/mol. The van der Waals surface area contributed by atoms with Crippen molar-refractivity contribution in [1.82, 2.24) is 4.98 Å². The molecule has 2 N–H and O–H groups in total. The second kappa shape index (κ2) is 9.55. The van der Waals surface area contributed by atoms with E-state index in [1.165, 1.54) is 6.42 Å². The number of rotatable bonds is 9. The number of carbonyl (C=O) groups is 1. The van der Waals surface area contributed by atoms with Crippen LogP contribution in [0.25, 0.3) is 0 Å². The molecule has 130 valence electrons. The number of nitrogen functional groups attached to an aromatic ring is 1. The van der Waals surface area contributed by atoms with Crippen molar-refractivity contribution in [2.45, 2.75) is 59.0 Å². The fourth-order valence-electron chi connectivity index (χ4n) is 2.06. The minimum Gasteiger partial charge on any atom is -0.465 e. The maximum Gasteiger partial charge on any atom is 0.344 e. The Morgan fingerprint density at radius 1 is 1.39 bits per heavy atom. The van der Waals surface area contributed by atoms with E-state index in [1.807, 2.05) is 6.92 Å². The molecule has 0 bridgehead atoms. The summed E-state index contributed by atoms with van der Waals surface area (Å²) >= 11 is 5.65. The Kier molecular flexibility index (Phi) is 8.09. The van der Waals surface area contributed by atoms with Gasteiger partial charge in [0.15, 0.2) is 6.61 Å². The highest BCUT2D eigenvalue weighted by Gasteiger charge is 2.16. The van der Waals surface area contributed by atoms with Crippen LogP contribution in [0.5, 0.6) is 5.88 Å². The summed E-state index contributed by atoms with van der Waals surface area (Å²) in [6, 6.07) is 0. The standard InChI is InChI=1S/C16H24ClFN2O3/c1-4-5-6-7-8-10(2)23-12(21)9-22-16-11(3)14(19)13(17)15(18)20-16/h10H,4-9H2,1-3H3,(H2,19,20). The molecule has 1 heterocycles. The number of hydrogen-bond acceptors (Lipinski definition) is 5. The summed E-state index contributed by atoms with van der Waals surface area (Å²) in [6.07, 6.45) is 5.12. The summed E-state index contributed by atoms with van der Waals surface area (Å²) < 4.78 is 23.9. The molecule has 0 saturated heterocycles. The van der Waals surface area contributed by atoms with Crippen LogP contribution in [0.4, 0.5) is 10.1 Å². The zero-order valence-corrected chi connectivity index (χ0v) is 14.6. The third-order valence-electron chi connectivity index (χ3n) is 3.47. The van der Waals surface area contributed by atoms with Gasteiger partial charge in [0.25, 0.3) is 0 Å². The number of aromatic nitrogens is 1. The molecule has 1 atom stereocenters. The number of hydrogen-bond donors (Lipinski definition) is 1. The molecule has 1 aromatic rings. The van der Waals surface area contributed by atoms with Crippen LogP contribution in [-0.4, -0.2) is 23.7 Å². The minimum atomic E-state index is -0.928. The van der Waals surface area contributed by atoms with E-state index >= 15 is 0 Å². The van der Waals surface area contributed by atoms with Crippen molar-refractivity contribution >= 4 is 23.3 Å². The lowest BCUT2D eigenvalue weighted by Crippen LogP contribution is -2.21. The number of anilines is 1. The smallest absolute Gasteiger partial charge is 0.344 e. The number of nitrogens with two attached hydrogens (primary N) is 1. The molecule has 23 heavy (non-hydrogen) atoms. The zero-order valence-electron chi connectivity index (χ0n) is 13.8. The van der Waals surface area contributed by atoms with Gasteiger partial charge < -0.3 is 15.2 Å². The van der Waals surface area contributed by atoms with Crippen LogP contribution in [0.2, 0.25) is 5.02 Å². The normalized spacial score (nSPS) is 12.0. The van der Waals surface area contributed by atoms with Gasteiger partial charge in [0, 0.05) is 5.56 Å². The topological polar surface area (TPSA) is 74.4 Å². The highest BCUT2D eigenvalue weighted by Crippen LogP contribution is 2.30. The van der Waals surface area contributed by atoms with Gasteiger partial charge in [-0.2, -0.15) is 9.37 Å². The van der Waals surface area contributed by atoms with E-state index in [9.17, 15) is 9.18 Å². The summed E-state index contributed by atoms with van der Waals surface area (Å²) in [4.78, 5) is 15.3. The van der Waals surface area contributed by atoms with Crippen molar-refractivity contribution in [2.75, 3.05) is 12.3 Å². The maximum absolute atomic E-state index is 13.4. The first-order chi connectivity index (χ1) is 10.9. The zero-order chi connectivity index (χ0) is 17.4. The number of unbranched alkanes of at least 4 members (excludes halogenated alkanes) is 3. The van der Waals surface area contributed by atoms with Gasteiger partial charge in [-0.1, -0.05) is 37.8 Å². The van der Waals surface area contributed by atoms with E-state index < -0.39 is 11.9 Å². The van der Waals surface area contributed by atoms with Gasteiger partial charge in [0.2, 0.25) is 11.8 Å². The molecular weight excluding hydrogens is 323 g/mol. The van der Waals surface area contributed by atoms with E-state index in [4.69, 9.17) is 26.8 Å². The Hall–Kier alpha value is -1.56. The second-order valence-electron chi connectivity index (χ2n) is 5.50. The van der Waals surface area contributed by atoms with Gasteiger partial charge in [0.05, 0.1) is 11.8 Å². The lowest BCUT2D eigenvalue weighted by molar-refractivity contribution is -0.151. The van der Waals surface area contributed by atoms with Gasteiger partial charge >= 0.3 is 5.97 Å². The Morgan fingerprint density at radius 3 is 2.74 bits per heavy atom. The number of ether oxygens (including phenoxy) is 2. The molecule has 1 rings (SSSR count). The molecule has 0 aliphatic heterocycles. The first-order valence-corrected chi connectivity index (χ1v) is 8.17. The van der Waals surface area contributed by atoms with Crippen LogP contribution in [0, 0.1) is 12.9 Å². The lowest BCUT2D eigenvalue weighted by Gasteiger charge is -2.14. The van der Waals surface area contributed by atoms with Crippen molar-refractivity contribution in [3.05, 3.63) is 16.5 Å². The predicted molar refractivity (Wildman–Crippen MR) is 88.2 cm³/mol. The summed E-state index contributed by atoms with van der Waals surface area (Å²) in [6.45, 7) is 5.22. The van der Waals surface area contributed by atoms with E-state index in [0.29, 0.717) is 5.56 Å². The largest absolute Gasteiger partial charge is 0.465 e. The Labute approximate surface area is 141 Å². The third-order valence-corrected chi connectivity index (χ3v) is 3.83. The molecule has 7 heteroatoms. The molecule has 1 unspecified atom stereocenters. The number of carbonyl (C=O) groups excluding carboxylic acids is 1. The highest BCUT2D eigenvalue weighted by atomic mass is 35.5. The summed E-state index contributed by atoms with van der Waals surface area (Å²) in [5.74, 6) is -1.51. The number of esters is 1. The van der Waals surface area contributed by atoms with Crippen LogP contribution in [0.3, 0.4) is 0 Å². The number of halogens is 2. The molecule has 0 spiro atoms. The molecule has 0 aromatic carbocycles. The molecule has 0 radical (unpaired) electrons. The molecular formula is C16H24ClFN2O3. The molecule has 0 aliphatic rings. The summed E-state index contributed by atoms with van der Waals surface area (Å²) in [5.41, 5.74) is 6.08. The van der Waals surface area contributed by atoms with Crippen molar-refractivity contribution in [1.29, 1.82) is 0 Å². The average molecular weight is 347 g/mol. The molecule has 0 fully saturated rings. The van der Waals surface area contributed by atoms with Gasteiger partial charge in [-0.3, -0.25) is 0 Å². The third kappa shape index (κ3) is 6.22. The maximum atomic E-state index is 13.4. The van der Waals surface area contributed by atoms with Crippen molar-refractivity contribution in [3.63, 3.8) is 0 Å². The summed E-state index contributed by atoms with van der Waals surface area (Å²) in [7, 11) is 0.